The Morgan fingerprint density at radius 1 is 1.13 bits per heavy atom. The van der Waals surface area contributed by atoms with Crippen LogP contribution < -0.4 is 10.6 Å². The molecule has 0 amide bonds. The number of guanidine groups is 1. The molecule has 0 atom stereocenters. The van der Waals surface area contributed by atoms with E-state index in [1.807, 2.05) is 0 Å². The predicted octanol–water partition coefficient (Wildman–Crippen LogP) is 4.52. The van der Waals surface area contributed by atoms with Crippen LogP contribution in [-0.2, 0) is 25.9 Å². The van der Waals surface area contributed by atoms with Crippen LogP contribution in [0.1, 0.15) is 51.1 Å². The van der Waals surface area contributed by atoms with E-state index in [1.165, 1.54) is 11.1 Å². The van der Waals surface area contributed by atoms with Gasteiger partial charge in [0.05, 0.1) is 6.54 Å². The van der Waals surface area contributed by atoms with Crippen LogP contribution in [0.4, 0.5) is 0 Å². The Morgan fingerprint density at radius 2 is 1.87 bits per heavy atom. The van der Waals surface area contributed by atoms with E-state index < -0.39 is 0 Å². The van der Waals surface area contributed by atoms with Gasteiger partial charge in [-0.3, -0.25) is 0 Å². The second-order valence-corrected chi connectivity index (χ2v) is 8.23. The zero-order valence-electron chi connectivity index (χ0n) is 18.9. The molecule has 2 rings (SSSR count). The second-order valence-electron chi connectivity index (χ2n) is 7.46. The van der Waals surface area contributed by atoms with Crippen LogP contribution in [0.25, 0.3) is 0 Å². The first-order valence-electron chi connectivity index (χ1n) is 10.6. The van der Waals surface area contributed by atoms with Crippen molar-refractivity contribution in [3.05, 3.63) is 41.2 Å². The molecule has 2 N–H and O–H groups in total. The Labute approximate surface area is 203 Å². The van der Waals surface area contributed by atoms with Crippen LogP contribution in [0, 0.1) is 5.92 Å². The van der Waals surface area contributed by atoms with Crippen molar-refractivity contribution in [2.75, 3.05) is 19.3 Å². The van der Waals surface area contributed by atoms with Crippen molar-refractivity contribution in [2.45, 2.75) is 65.2 Å². The fourth-order valence-electron chi connectivity index (χ4n) is 3.22. The molecule has 0 aliphatic carbocycles. The number of nitrogens with zero attached hydrogens (tertiary/aromatic N) is 4. The first-order valence-corrected chi connectivity index (χ1v) is 11.9. The number of nitrogens with one attached hydrogen (secondary N) is 2. The smallest absolute Gasteiger partial charge is 0.191 e. The Morgan fingerprint density at radius 3 is 2.50 bits per heavy atom. The van der Waals surface area contributed by atoms with E-state index in [9.17, 15) is 0 Å². The largest absolute Gasteiger partial charge is 0.357 e. The summed E-state index contributed by atoms with van der Waals surface area (Å²) >= 11 is 1.66. The van der Waals surface area contributed by atoms with Gasteiger partial charge in [-0.25, -0.2) is 4.99 Å². The molecule has 1 aromatic carbocycles. The Bertz CT molecular complexity index is 775. The molecule has 0 unspecified atom stereocenters. The lowest BCUT2D eigenvalue weighted by atomic mass is 10.1. The van der Waals surface area contributed by atoms with E-state index >= 15 is 0 Å². The van der Waals surface area contributed by atoms with Gasteiger partial charge in [0.1, 0.15) is 5.82 Å². The summed E-state index contributed by atoms with van der Waals surface area (Å²) in [5.74, 6) is 2.52. The lowest BCUT2D eigenvalue weighted by Gasteiger charge is -2.13. The molecular weight excluding hydrogens is 507 g/mol. The third-order valence-electron chi connectivity index (χ3n) is 4.64. The van der Waals surface area contributed by atoms with Gasteiger partial charge in [0, 0.05) is 26.1 Å². The first kappa shape index (κ1) is 26.7. The summed E-state index contributed by atoms with van der Waals surface area (Å²) in [5, 5.41) is 16.5. The molecule has 2 aromatic rings. The molecule has 0 saturated carbocycles. The molecule has 8 heteroatoms. The van der Waals surface area contributed by atoms with E-state index in [0.29, 0.717) is 12.5 Å². The van der Waals surface area contributed by atoms with Crippen LogP contribution >= 0.6 is 35.7 Å². The van der Waals surface area contributed by atoms with Gasteiger partial charge in [0.25, 0.3) is 0 Å². The average Bonchev–Trinajstić information content (AvgIpc) is 3.10. The lowest BCUT2D eigenvalue weighted by Crippen LogP contribution is -2.38. The van der Waals surface area contributed by atoms with Crippen LogP contribution in [0.3, 0.4) is 0 Å². The highest BCUT2D eigenvalue weighted by molar-refractivity contribution is 14.0. The summed E-state index contributed by atoms with van der Waals surface area (Å²) in [5.41, 5.74) is 2.65. The van der Waals surface area contributed by atoms with Crippen LogP contribution in [-0.4, -0.2) is 40.1 Å². The van der Waals surface area contributed by atoms with Gasteiger partial charge in [0.15, 0.2) is 11.1 Å². The van der Waals surface area contributed by atoms with E-state index in [1.54, 1.807) is 11.8 Å². The summed E-state index contributed by atoms with van der Waals surface area (Å²) in [4.78, 5) is 4.77. The van der Waals surface area contributed by atoms with Crippen molar-refractivity contribution in [1.29, 1.82) is 0 Å². The van der Waals surface area contributed by atoms with Gasteiger partial charge >= 0.3 is 0 Å². The van der Waals surface area contributed by atoms with Gasteiger partial charge in [0.2, 0.25) is 0 Å². The highest BCUT2D eigenvalue weighted by atomic mass is 127. The normalized spacial score (nSPS) is 11.5. The average molecular weight is 545 g/mol. The summed E-state index contributed by atoms with van der Waals surface area (Å²) < 4.78 is 2.26. The zero-order valence-corrected chi connectivity index (χ0v) is 22.1. The van der Waals surface area contributed by atoms with Crippen molar-refractivity contribution in [2.24, 2.45) is 10.9 Å². The Kier molecular flexibility index (Phi) is 13.1. The third-order valence-corrected chi connectivity index (χ3v) is 5.31. The quantitative estimate of drug-likeness (QED) is 0.143. The lowest BCUT2D eigenvalue weighted by molar-refractivity contribution is 0.477. The molecule has 0 bridgehead atoms. The van der Waals surface area contributed by atoms with Crippen LogP contribution in [0.5, 0.6) is 0 Å². The minimum Gasteiger partial charge on any atom is -0.357 e. The number of aromatic nitrogens is 3. The summed E-state index contributed by atoms with van der Waals surface area (Å²) in [7, 11) is 0. The molecule has 0 aliphatic rings. The molecule has 1 heterocycles. The zero-order chi connectivity index (χ0) is 21.1. The molecule has 6 nitrogen and oxygen atoms in total. The van der Waals surface area contributed by atoms with Gasteiger partial charge in [-0.1, -0.05) is 56.8 Å². The van der Waals surface area contributed by atoms with E-state index in [4.69, 9.17) is 4.99 Å². The molecule has 0 spiro atoms. The minimum absolute atomic E-state index is 0. The number of aryl methyl sites for hydroxylation is 2. The standard InChI is InChI=1S/C22H36N6S.HI/c1-6-18-11-8-9-12-19(18)15-25-21(23-7-2)24-14-10-13-20-26-27-22(29-5)28(20)16-17(3)4;/h8-9,11-12,17H,6-7,10,13-16H2,1-5H3,(H2,23,24,25);1H. The summed E-state index contributed by atoms with van der Waals surface area (Å²) in [6, 6.07) is 8.52. The van der Waals surface area contributed by atoms with Gasteiger partial charge in [-0.05, 0) is 43.1 Å². The number of rotatable bonds is 11. The minimum atomic E-state index is 0. The van der Waals surface area contributed by atoms with Crippen LogP contribution in [0.2, 0.25) is 0 Å². The maximum atomic E-state index is 4.77. The van der Waals surface area contributed by atoms with Gasteiger partial charge in [-0.15, -0.1) is 34.2 Å². The third kappa shape index (κ3) is 8.45. The summed E-state index contributed by atoms with van der Waals surface area (Å²) in [6.45, 7) is 12.1. The van der Waals surface area contributed by atoms with E-state index in [-0.39, 0.29) is 24.0 Å². The van der Waals surface area contributed by atoms with Crippen molar-refractivity contribution in [1.82, 2.24) is 25.4 Å². The number of hydrogen-bond donors (Lipinski definition) is 2. The van der Waals surface area contributed by atoms with Crippen molar-refractivity contribution in [3.8, 4) is 0 Å². The molecule has 0 radical (unpaired) electrons. The fourth-order valence-corrected chi connectivity index (χ4v) is 3.74. The molecule has 168 valence electrons. The van der Waals surface area contributed by atoms with Crippen molar-refractivity contribution < 1.29 is 0 Å². The summed E-state index contributed by atoms with van der Waals surface area (Å²) in [6.07, 6.45) is 4.98. The van der Waals surface area contributed by atoms with Crippen molar-refractivity contribution >= 4 is 41.7 Å². The van der Waals surface area contributed by atoms with Gasteiger partial charge in [-0.2, -0.15) is 0 Å². The highest BCUT2D eigenvalue weighted by Gasteiger charge is 2.12. The monoisotopic (exact) mass is 544 g/mol. The predicted molar refractivity (Wildman–Crippen MR) is 139 cm³/mol. The first-order chi connectivity index (χ1) is 14.1. The maximum Gasteiger partial charge on any atom is 0.191 e. The molecule has 30 heavy (non-hydrogen) atoms. The van der Waals surface area contributed by atoms with Crippen molar-refractivity contribution in [3.63, 3.8) is 0 Å². The molecular formula is C22H37IN6S. The number of hydrogen-bond acceptors (Lipinski definition) is 4. The number of thioether (sulfide) groups is 1. The fraction of sp³-hybridized carbons (Fsp3) is 0.591. The Hall–Kier alpha value is -1.29. The highest BCUT2D eigenvalue weighted by Crippen LogP contribution is 2.16. The van der Waals surface area contributed by atoms with E-state index in [0.717, 1.165) is 55.8 Å². The second kappa shape index (κ2) is 14.7. The number of benzene rings is 1. The molecule has 0 aliphatic heterocycles. The molecule has 0 fully saturated rings. The van der Waals surface area contributed by atoms with E-state index in [2.05, 4.69) is 83.6 Å². The number of halogens is 1. The maximum absolute atomic E-state index is 4.77. The Balaban J connectivity index is 0.00000450. The molecule has 0 saturated heterocycles. The SMILES string of the molecule is CCNC(=NCc1ccccc1CC)NCCCc1nnc(SC)n1CC(C)C.I. The van der Waals surface area contributed by atoms with Gasteiger partial charge < -0.3 is 15.2 Å². The molecule has 1 aromatic heterocycles. The number of aliphatic imine (C=N–C) groups is 1. The topological polar surface area (TPSA) is 67.1 Å². The van der Waals surface area contributed by atoms with Crippen LogP contribution in [0.15, 0.2) is 34.4 Å².